The molecule has 2 aromatic carbocycles. The maximum atomic E-state index is 12.5. The van der Waals surface area contributed by atoms with Crippen LogP contribution in [0.15, 0.2) is 72.9 Å². The maximum Gasteiger partial charge on any atom is 0.270 e. The lowest BCUT2D eigenvalue weighted by Crippen LogP contribution is -2.24. The van der Waals surface area contributed by atoms with Crippen LogP contribution in [0.1, 0.15) is 28.5 Å². The van der Waals surface area contributed by atoms with Crippen LogP contribution in [0.2, 0.25) is 0 Å². The van der Waals surface area contributed by atoms with Crippen molar-refractivity contribution >= 4 is 17.3 Å². The van der Waals surface area contributed by atoms with Gasteiger partial charge in [0.1, 0.15) is 5.69 Å². The number of aryl methyl sites for hydroxylation is 1. The molecule has 132 valence electrons. The third-order valence-corrected chi connectivity index (χ3v) is 4.25. The highest BCUT2D eigenvalue weighted by atomic mass is 16.1. The summed E-state index contributed by atoms with van der Waals surface area (Å²) in [5.41, 5.74) is 4.74. The first-order valence-corrected chi connectivity index (χ1v) is 8.79. The number of carbonyl (C=O) groups excluding carboxylic acids is 1. The summed E-state index contributed by atoms with van der Waals surface area (Å²) in [5, 5.41) is 2.94. The summed E-state index contributed by atoms with van der Waals surface area (Å²) in [6, 6.07) is 22.0. The topological polar surface area (TPSA) is 45.2 Å². The predicted molar refractivity (Wildman–Crippen MR) is 106 cm³/mol. The van der Waals surface area contributed by atoms with Crippen molar-refractivity contribution in [2.45, 2.75) is 20.4 Å². The zero-order valence-electron chi connectivity index (χ0n) is 15.1. The minimum absolute atomic E-state index is 0.170. The molecule has 0 bridgehead atoms. The number of pyridine rings is 1. The van der Waals surface area contributed by atoms with Gasteiger partial charge in [-0.3, -0.25) is 9.78 Å². The number of carbonyl (C=O) groups is 1. The number of benzene rings is 2. The molecule has 1 amide bonds. The summed E-state index contributed by atoms with van der Waals surface area (Å²) < 4.78 is 0. The van der Waals surface area contributed by atoms with Gasteiger partial charge in [0, 0.05) is 30.7 Å². The van der Waals surface area contributed by atoms with Crippen molar-refractivity contribution in [3.63, 3.8) is 0 Å². The Morgan fingerprint density at radius 1 is 1.00 bits per heavy atom. The Labute approximate surface area is 154 Å². The van der Waals surface area contributed by atoms with Gasteiger partial charge in [-0.15, -0.1) is 0 Å². The first kappa shape index (κ1) is 17.7. The van der Waals surface area contributed by atoms with Gasteiger partial charge < -0.3 is 10.2 Å². The van der Waals surface area contributed by atoms with E-state index in [-0.39, 0.29) is 5.91 Å². The Kier molecular flexibility index (Phi) is 5.64. The van der Waals surface area contributed by atoms with Crippen molar-refractivity contribution in [1.82, 2.24) is 10.3 Å². The second-order valence-electron chi connectivity index (χ2n) is 6.15. The minimum Gasteiger partial charge on any atom is -0.347 e. The van der Waals surface area contributed by atoms with E-state index in [1.807, 2.05) is 61.5 Å². The molecule has 1 heterocycles. The van der Waals surface area contributed by atoms with Crippen molar-refractivity contribution in [3.8, 4) is 0 Å². The van der Waals surface area contributed by atoms with E-state index in [1.165, 1.54) is 5.56 Å². The van der Waals surface area contributed by atoms with E-state index >= 15 is 0 Å². The molecule has 4 nitrogen and oxygen atoms in total. The highest BCUT2D eigenvalue weighted by molar-refractivity contribution is 5.93. The lowest BCUT2D eigenvalue weighted by atomic mass is 10.1. The zero-order valence-corrected chi connectivity index (χ0v) is 15.1. The largest absolute Gasteiger partial charge is 0.347 e. The molecule has 26 heavy (non-hydrogen) atoms. The van der Waals surface area contributed by atoms with Crippen LogP contribution < -0.4 is 10.2 Å². The van der Waals surface area contributed by atoms with Crippen molar-refractivity contribution in [1.29, 1.82) is 0 Å². The van der Waals surface area contributed by atoms with Gasteiger partial charge >= 0.3 is 0 Å². The van der Waals surface area contributed by atoms with E-state index in [0.717, 1.165) is 23.5 Å². The van der Waals surface area contributed by atoms with Gasteiger partial charge in [0.05, 0.1) is 0 Å². The molecule has 0 radical (unpaired) electrons. The molecule has 0 atom stereocenters. The van der Waals surface area contributed by atoms with Gasteiger partial charge in [0.2, 0.25) is 0 Å². The molecule has 0 unspecified atom stereocenters. The number of para-hydroxylation sites is 1. The lowest BCUT2D eigenvalue weighted by Gasteiger charge is -2.23. The third kappa shape index (κ3) is 4.28. The summed E-state index contributed by atoms with van der Waals surface area (Å²) in [5.74, 6) is -0.170. The van der Waals surface area contributed by atoms with Crippen LogP contribution in [0.3, 0.4) is 0 Å². The minimum atomic E-state index is -0.170. The average molecular weight is 345 g/mol. The quantitative estimate of drug-likeness (QED) is 0.716. The third-order valence-electron chi connectivity index (χ3n) is 4.25. The van der Waals surface area contributed by atoms with Crippen molar-refractivity contribution < 1.29 is 4.79 Å². The Hall–Kier alpha value is -3.14. The fraction of sp³-hybridized carbons (Fsp3) is 0.182. The summed E-state index contributed by atoms with van der Waals surface area (Å²) >= 11 is 0. The second kappa shape index (κ2) is 8.30. The number of rotatable bonds is 6. The SMILES string of the molecule is CCN(c1ccccc1)c1ccnc(C(=O)NCc2ccc(C)cc2)c1. The Morgan fingerprint density at radius 2 is 1.73 bits per heavy atom. The highest BCUT2D eigenvalue weighted by Gasteiger charge is 2.12. The van der Waals surface area contributed by atoms with Gasteiger partial charge in [-0.05, 0) is 43.7 Å². The lowest BCUT2D eigenvalue weighted by molar-refractivity contribution is 0.0946. The predicted octanol–water partition coefficient (Wildman–Crippen LogP) is 4.48. The van der Waals surface area contributed by atoms with E-state index in [0.29, 0.717) is 12.2 Å². The highest BCUT2D eigenvalue weighted by Crippen LogP contribution is 2.24. The van der Waals surface area contributed by atoms with Crippen molar-refractivity contribution in [2.24, 2.45) is 0 Å². The molecule has 0 saturated carbocycles. The number of aromatic nitrogens is 1. The molecule has 3 aromatic rings. The molecule has 4 heteroatoms. The number of nitrogens with zero attached hydrogens (tertiary/aromatic N) is 2. The second-order valence-corrected chi connectivity index (χ2v) is 6.15. The van der Waals surface area contributed by atoms with E-state index in [9.17, 15) is 4.79 Å². The van der Waals surface area contributed by atoms with Crippen LogP contribution in [-0.4, -0.2) is 17.4 Å². The molecule has 0 spiro atoms. The molecule has 0 aliphatic rings. The molecule has 0 fully saturated rings. The molecular formula is C22H23N3O. The van der Waals surface area contributed by atoms with Gasteiger partial charge in [0.25, 0.3) is 5.91 Å². The van der Waals surface area contributed by atoms with Crippen LogP contribution in [0.5, 0.6) is 0 Å². The number of anilines is 2. The van der Waals surface area contributed by atoms with Crippen LogP contribution >= 0.6 is 0 Å². The van der Waals surface area contributed by atoms with Crippen LogP contribution in [-0.2, 0) is 6.54 Å². The van der Waals surface area contributed by atoms with Crippen LogP contribution in [0, 0.1) is 6.92 Å². The van der Waals surface area contributed by atoms with Gasteiger partial charge in [0.15, 0.2) is 0 Å². The molecular weight excluding hydrogens is 322 g/mol. The summed E-state index contributed by atoms with van der Waals surface area (Å²) in [6.45, 7) is 5.42. The maximum absolute atomic E-state index is 12.5. The van der Waals surface area contributed by atoms with Gasteiger partial charge in [-0.1, -0.05) is 48.0 Å². The van der Waals surface area contributed by atoms with E-state index in [4.69, 9.17) is 0 Å². The fourth-order valence-electron chi connectivity index (χ4n) is 2.81. The van der Waals surface area contributed by atoms with Gasteiger partial charge in [-0.25, -0.2) is 0 Å². The Balaban J connectivity index is 1.73. The Bertz CT molecular complexity index is 860. The molecule has 0 aliphatic carbocycles. The average Bonchev–Trinajstić information content (AvgIpc) is 2.69. The standard InChI is InChI=1S/C22H23N3O/c1-3-25(19-7-5-4-6-8-19)20-13-14-23-21(15-20)22(26)24-16-18-11-9-17(2)10-12-18/h4-15H,3,16H2,1-2H3,(H,24,26). The number of hydrogen-bond acceptors (Lipinski definition) is 3. The first-order chi connectivity index (χ1) is 12.7. The summed E-state index contributed by atoms with van der Waals surface area (Å²) in [6.07, 6.45) is 1.68. The van der Waals surface area contributed by atoms with Crippen LogP contribution in [0.4, 0.5) is 11.4 Å². The molecule has 1 N–H and O–H groups in total. The van der Waals surface area contributed by atoms with Crippen molar-refractivity contribution in [3.05, 3.63) is 89.7 Å². The smallest absolute Gasteiger partial charge is 0.270 e. The number of hydrogen-bond donors (Lipinski definition) is 1. The van der Waals surface area contributed by atoms with Gasteiger partial charge in [-0.2, -0.15) is 0 Å². The van der Waals surface area contributed by atoms with E-state index in [2.05, 4.69) is 34.3 Å². The number of nitrogens with one attached hydrogen (secondary N) is 1. The Morgan fingerprint density at radius 3 is 2.42 bits per heavy atom. The van der Waals surface area contributed by atoms with E-state index < -0.39 is 0 Å². The zero-order chi connectivity index (χ0) is 18.4. The van der Waals surface area contributed by atoms with Crippen LogP contribution in [0.25, 0.3) is 0 Å². The van der Waals surface area contributed by atoms with E-state index in [1.54, 1.807) is 6.20 Å². The first-order valence-electron chi connectivity index (χ1n) is 8.79. The fourth-order valence-corrected chi connectivity index (χ4v) is 2.81. The molecule has 0 saturated heterocycles. The molecule has 0 aliphatic heterocycles. The number of amides is 1. The summed E-state index contributed by atoms with van der Waals surface area (Å²) in [4.78, 5) is 18.9. The summed E-state index contributed by atoms with van der Waals surface area (Å²) in [7, 11) is 0. The monoisotopic (exact) mass is 345 g/mol. The van der Waals surface area contributed by atoms with Crippen molar-refractivity contribution in [2.75, 3.05) is 11.4 Å². The normalized spacial score (nSPS) is 10.4. The molecule has 1 aromatic heterocycles. The molecule has 3 rings (SSSR count).